The van der Waals surface area contributed by atoms with Gasteiger partial charge in [-0.1, -0.05) is 67.9 Å². The van der Waals surface area contributed by atoms with Gasteiger partial charge in [0.05, 0.1) is 6.61 Å². The highest BCUT2D eigenvalue weighted by molar-refractivity contribution is 7.18. The van der Waals surface area contributed by atoms with E-state index in [-0.39, 0.29) is 0 Å². The number of hydrogen-bond acceptors (Lipinski definition) is 5. The van der Waals surface area contributed by atoms with E-state index in [1.54, 1.807) is 0 Å². The third-order valence-corrected chi connectivity index (χ3v) is 6.01. The van der Waals surface area contributed by atoms with Gasteiger partial charge >= 0.3 is 0 Å². The molecule has 0 bridgehead atoms. The molecule has 7 heteroatoms. The highest BCUT2D eigenvalue weighted by Gasteiger charge is 2.20. The van der Waals surface area contributed by atoms with Crippen molar-refractivity contribution in [2.75, 3.05) is 6.61 Å². The Morgan fingerprint density at radius 3 is 1.65 bits per heavy atom. The van der Waals surface area contributed by atoms with Crippen LogP contribution >= 0.6 is 11.3 Å². The topological polar surface area (TPSA) is 101 Å². The second-order valence-electron chi connectivity index (χ2n) is 7.38. The van der Waals surface area contributed by atoms with Crippen LogP contribution in [-0.2, 0) is 0 Å². The van der Waals surface area contributed by atoms with Crippen molar-refractivity contribution >= 4 is 11.3 Å². The van der Waals surface area contributed by atoms with Gasteiger partial charge in [-0.3, -0.25) is 0 Å². The van der Waals surface area contributed by atoms with Crippen molar-refractivity contribution in [3.05, 3.63) is 97.1 Å². The molecule has 1 aromatic heterocycles. The molecular weight excluding hydrogens is 472 g/mol. The Morgan fingerprint density at radius 1 is 0.676 bits per heavy atom. The van der Waals surface area contributed by atoms with E-state index in [2.05, 4.69) is 97.9 Å². The largest absolute Gasteiger partial charge is 0.493 e. The summed E-state index contributed by atoms with van der Waals surface area (Å²) in [5, 5.41) is 0. The van der Waals surface area contributed by atoms with Crippen molar-refractivity contribution in [2.24, 2.45) is 0 Å². The lowest BCUT2D eigenvalue weighted by atomic mass is 10.0. The lowest BCUT2D eigenvalue weighted by Gasteiger charge is -2.17. The fourth-order valence-corrected chi connectivity index (χ4v) is 4.42. The number of rotatable bonds is 7. The maximum absolute atomic E-state index is 8.49. The molecule has 0 fully saturated rings. The Morgan fingerprint density at radius 2 is 1.15 bits per heavy atom. The minimum Gasteiger partial charge on any atom is -0.493 e. The monoisotopic (exact) mass is 496 g/mol. The SMILES string of the molecule is CCCCOc1ccccc1-c1cc(-c2ccccc2)[s+]c(-c2ccccc2)c1.[O-][Cl+3]([O-])([O-])[O-]. The van der Waals surface area contributed by atoms with Gasteiger partial charge in [-0.15, -0.1) is 10.2 Å². The highest BCUT2D eigenvalue weighted by atomic mass is 35.7. The van der Waals surface area contributed by atoms with E-state index < -0.39 is 10.2 Å². The molecule has 176 valence electrons. The molecule has 0 saturated heterocycles. The lowest BCUT2D eigenvalue weighted by molar-refractivity contribution is -2.00. The lowest BCUT2D eigenvalue weighted by Crippen LogP contribution is -2.68. The van der Waals surface area contributed by atoms with E-state index in [4.69, 9.17) is 23.4 Å². The molecule has 4 aromatic rings. The summed E-state index contributed by atoms with van der Waals surface area (Å²) in [6.45, 7) is 2.94. The van der Waals surface area contributed by atoms with Gasteiger partial charge in [0.25, 0.3) is 0 Å². The molecule has 3 aromatic carbocycles. The van der Waals surface area contributed by atoms with Gasteiger partial charge in [0.2, 0.25) is 21.1 Å². The predicted octanol–water partition coefficient (Wildman–Crippen LogP) is 3.45. The summed E-state index contributed by atoms with van der Waals surface area (Å²) in [7, 11) is -4.94. The average Bonchev–Trinajstić information content (AvgIpc) is 2.84. The number of hydrogen-bond donors (Lipinski definition) is 0. The predicted molar refractivity (Wildman–Crippen MR) is 125 cm³/mol. The normalized spacial score (nSPS) is 10.9. The average molecular weight is 497 g/mol. The van der Waals surface area contributed by atoms with Crippen LogP contribution in [0, 0.1) is 10.2 Å². The molecule has 34 heavy (non-hydrogen) atoms. The number of benzene rings is 3. The summed E-state index contributed by atoms with van der Waals surface area (Å²) in [6.07, 6.45) is 2.20. The second kappa shape index (κ2) is 12.6. The highest BCUT2D eigenvalue weighted by Crippen LogP contribution is 2.39. The van der Waals surface area contributed by atoms with Crippen LogP contribution in [0.15, 0.2) is 97.1 Å². The molecule has 0 aliphatic rings. The molecule has 4 rings (SSSR count). The zero-order valence-corrected chi connectivity index (χ0v) is 20.3. The molecule has 0 spiro atoms. The summed E-state index contributed by atoms with van der Waals surface area (Å²) in [5.74, 6) is 0.954. The molecule has 0 aliphatic carbocycles. The van der Waals surface area contributed by atoms with E-state index >= 15 is 0 Å². The number of halogens is 1. The van der Waals surface area contributed by atoms with Crippen molar-refractivity contribution in [3.8, 4) is 37.8 Å². The van der Waals surface area contributed by atoms with E-state index in [1.807, 2.05) is 17.4 Å². The first kappa shape index (κ1) is 25.8. The third-order valence-electron chi connectivity index (χ3n) is 4.86. The van der Waals surface area contributed by atoms with Gasteiger partial charge in [-0.05, 0) is 42.3 Å². The van der Waals surface area contributed by atoms with Gasteiger partial charge in [-0.25, -0.2) is 18.6 Å². The van der Waals surface area contributed by atoms with Crippen LogP contribution in [0.25, 0.3) is 32.0 Å². The molecule has 0 N–H and O–H groups in total. The van der Waals surface area contributed by atoms with Crippen LogP contribution in [0.4, 0.5) is 0 Å². The number of ether oxygens (including phenoxy) is 1. The van der Waals surface area contributed by atoms with Crippen molar-refractivity contribution in [1.29, 1.82) is 0 Å². The summed E-state index contributed by atoms with van der Waals surface area (Å²) in [4.78, 5) is 2.51. The van der Waals surface area contributed by atoms with Crippen LogP contribution in [0.2, 0.25) is 0 Å². The fourth-order valence-electron chi connectivity index (χ4n) is 3.30. The maximum Gasteiger partial charge on any atom is 0.239 e. The van der Waals surface area contributed by atoms with Crippen molar-refractivity contribution in [1.82, 2.24) is 0 Å². The molecule has 0 unspecified atom stereocenters. The minimum absolute atomic E-state index is 0.750. The molecule has 5 nitrogen and oxygen atoms in total. The Hall–Kier alpha value is -2.84. The standard InChI is InChI=1S/C27H25OS.ClHO4/c1-2-3-18-28-25-17-11-10-16-24(25)23-19-26(21-12-6-4-7-13-21)29-27(20-23)22-14-8-5-9-15-22;2-1(3,4)5/h4-17,19-20H,2-3,18H2,1H3;(H,2,3,4,5)/q+1;/p-1. The molecule has 0 atom stereocenters. The zero-order valence-electron chi connectivity index (χ0n) is 18.7. The fraction of sp³-hybridized carbons (Fsp3) is 0.148. The molecular formula is C27H25ClO5S. The summed E-state index contributed by atoms with van der Waals surface area (Å²) in [6, 6.07) is 34.1. The molecule has 0 amide bonds. The first-order valence-electron chi connectivity index (χ1n) is 10.8. The molecule has 0 aliphatic heterocycles. The van der Waals surface area contributed by atoms with E-state index in [9.17, 15) is 0 Å². The summed E-state index contributed by atoms with van der Waals surface area (Å²) in [5.41, 5.74) is 4.81. The van der Waals surface area contributed by atoms with Gasteiger partial charge in [0.15, 0.2) is 0 Å². The van der Waals surface area contributed by atoms with Crippen molar-refractivity contribution < 1.29 is 33.6 Å². The molecule has 0 radical (unpaired) electrons. The van der Waals surface area contributed by atoms with Gasteiger partial charge < -0.3 is 4.74 Å². The van der Waals surface area contributed by atoms with Gasteiger partial charge in [0.1, 0.15) is 5.75 Å². The third kappa shape index (κ3) is 8.18. The van der Waals surface area contributed by atoms with Crippen LogP contribution in [0.1, 0.15) is 19.8 Å². The Balaban J connectivity index is 0.000000588. The summed E-state index contributed by atoms with van der Waals surface area (Å²) < 4.78 is 40.1. The van der Waals surface area contributed by atoms with E-state index in [0.29, 0.717) is 0 Å². The van der Waals surface area contributed by atoms with Crippen LogP contribution in [0.3, 0.4) is 0 Å². The van der Waals surface area contributed by atoms with Crippen molar-refractivity contribution in [3.63, 3.8) is 0 Å². The van der Waals surface area contributed by atoms with Gasteiger partial charge in [-0.2, -0.15) is 0 Å². The first-order chi connectivity index (χ1) is 16.3. The van der Waals surface area contributed by atoms with Crippen LogP contribution < -0.4 is 23.4 Å². The second-order valence-corrected chi connectivity index (χ2v) is 9.22. The minimum atomic E-state index is -4.94. The van der Waals surface area contributed by atoms with Crippen molar-refractivity contribution in [2.45, 2.75) is 19.8 Å². The molecule has 0 saturated carbocycles. The zero-order chi connectivity index (χ0) is 24.4. The first-order valence-corrected chi connectivity index (χ1v) is 12.8. The van der Waals surface area contributed by atoms with E-state index in [1.165, 1.54) is 26.4 Å². The molecule has 1 heterocycles. The smallest absolute Gasteiger partial charge is 0.239 e. The number of para-hydroxylation sites is 1. The Labute approximate surface area is 205 Å². The number of unbranched alkanes of at least 4 members (excludes halogenated alkanes) is 1. The quantitative estimate of drug-likeness (QED) is 0.288. The summed E-state index contributed by atoms with van der Waals surface area (Å²) >= 11 is 1.82. The Kier molecular flexibility index (Phi) is 9.53. The Bertz CT molecular complexity index is 1100. The van der Waals surface area contributed by atoms with Gasteiger partial charge in [0, 0.05) is 28.8 Å². The maximum atomic E-state index is 8.49. The van der Waals surface area contributed by atoms with Crippen LogP contribution in [0.5, 0.6) is 5.75 Å². The van der Waals surface area contributed by atoms with Crippen LogP contribution in [-0.4, -0.2) is 6.61 Å². The van der Waals surface area contributed by atoms with E-state index in [0.717, 1.165) is 30.8 Å².